The van der Waals surface area contributed by atoms with E-state index in [0.717, 1.165) is 94.1 Å². The summed E-state index contributed by atoms with van der Waals surface area (Å²) in [7, 11) is 0. The third kappa shape index (κ3) is 8.07. The molecule has 0 spiro atoms. The molecule has 6 heterocycles. The highest BCUT2D eigenvalue weighted by Crippen LogP contribution is 2.36. The van der Waals surface area contributed by atoms with Crippen molar-refractivity contribution in [2.75, 3.05) is 43.4 Å². The Balaban J connectivity index is 0.796. The van der Waals surface area contributed by atoms with Crippen LogP contribution < -0.4 is 21.3 Å². The number of carbonyl (C=O) groups excluding carboxylic acids is 2. The number of halogens is 2. The molecular weight excluding hydrogens is 787 g/mol. The van der Waals surface area contributed by atoms with Crippen molar-refractivity contribution in [3.8, 4) is 22.5 Å². The van der Waals surface area contributed by atoms with Crippen molar-refractivity contribution in [1.82, 2.24) is 39.5 Å². The summed E-state index contributed by atoms with van der Waals surface area (Å²) in [5, 5.41) is 14.1. The van der Waals surface area contributed by atoms with Crippen LogP contribution in [0.25, 0.3) is 22.5 Å². The van der Waals surface area contributed by atoms with Crippen molar-refractivity contribution < 1.29 is 18.4 Å². The van der Waals surface area contributed by atoms with E-state index in [-0.39, 0.29) is 41.3 Å². The van der Waals surface area contributed by atoms with Crippen LogP contribution in [0.1, 0.15) is 35.6 Å². The minimum Gasteiger partial charge on any atom is -0.340 e. The molecule has 10 rings (SSSR count). The molecule has 4 aromatic carbocycles. The number of rotatable bonds is 10. The standard InChI is InChI=1S/C48H50F2N10O2/c1-30-2-14-38(15-3-30)53-45-43(32-6-10-36(49)11-7-32)56-42-29-58(21-23-60(42)45)48(62)35-25-40(52-27-35)24-31-4-16-39(17-5-31)54-46-44(33-8-12-37(50)13-9-33)55-41-28-57(20-22-59(41)46)47(61)34-18-19-51-26-34/h2-17,34-35,40,51-54H,18-29H2,1H3. The average molecular weight is 837 g/mol. The number of aromatic nitrogens is 4. The van der Waals surface area contributed by atoms with Crippen LogP contribution in [0, 0.1) is 30.4 Å². The van der Waals surface area contributed by atoms with E-state index in [1.54, 1.807) is 24.3 Å². The maximum Gasteiger partial charge on any atom is 0.227 e. The van der Waals surface area contributed by atoms with Gasteiger partial charge in [-0.15, -0.1) is 0 Å². The Morgan fingerprint density at radius 2 is 1.18 bits per heavy atom. The fourth-order valence-electron chi connectivity index (χ4n) is 9.37. The summed E-state index contributed by atoms with van der Waals surface area (Å²) in [6.45, 7) is 7.44. The predicted octanol–water partition coefficient (Wildman–Crippen LogP) is 7.00. The number of nitrogens with zero attached hydrogens (tertiary/aromatic N) is 6. The molecule has 12 nitrogen and oxygen atoms in total. The van der Waals surface area contributed by atoms with Gasteiger partial charge >= 0.3 is 0 Å². The molecule has 4 N–H and O–H groups in total. The second kappa shape index (κ2) is 16.8. The molecule has 2 fully saturated rings. The van der Waals surface area contributed by atoms with Gasteiger partial charge in [-0.1, -0.05) is 29.8 Å². The number of anilines is 4. The van der Waals surface area contributed by atoms with Gasteiger partial charge in [0.15, 0.2) is 0 Å². The molecule has 0 saturated carbocycles. The van der Waals surface area contributed by atoms with E-state index < -0.39 is 0 Å². The zero-order chi connectivity index (χ0) is 42.3. The van der Waals surface area contributed by atoms with Gasteiger partial charge in [-0.05, 0) is 111 Å². The van der Waals surface area contributed by atoms with Crippen molar-refractivity contribution >= 4 is 34.8 Å². The Hall–Kier alpha value is -6.38. The first kappa shape index (κ1) is 39.7. The Morgan fingerprint density at radius 1 is 0.661 bits per heavy atom. The van der Waals surface area contributed by atoms with Crippen molar-refractivity contribution in [1.29, 1.82) is 0 Å². The van der Waals surface area contributed by atoms with Gasteiger partial charge in [0.1, 0.15) is 46.3 Å². The molecule has 4 aliphatic rings. The highest BCUT2D eigenvalue weighted by molar-refractivity contribution is 5.82. The van der Waals surface area contributed by atoms with E-state index >= 15 is 0 Å². The summed E-state index contributed by atoms with van der Waals surface area (Å²) < 4.78 is 32.1. The molecule has 0 radical (unpaired) electrons. The quantitative estimate of drug-likeness (QED) is 0.116. The number of aryl methyl sites for hydroxylation is 1. The Labute approximate surface area is 359 Å². The monoisotopic (exact) mass is 836 g/mol. The Bertz CT molecular complexity index is 2580. The SMILES string of the molecule is Cc1ccc(Nc2c(-c3ccc(F)cc3)nc3n2CCN(C(=O)C2CNC(Cc4ccc(Nc5c(-c6ccc(F)cc6)nc6n5CCN(C(=O)C5CCNC5)C6)cc4)C2)C3)cc1. The van der Waals surface area contributed by atoms with Crippen molar-refractivity contribution in [2.45, 2.75) is 58.4 Å². The predicted molar refractivity (Wildman–Crippen MR) is 235 cm³/mol. The third-order valence-corrected chi connectivity index (χ3v) is 12.8. The lowest BCUT2D eigenvalue weighted by Crippen LogP contribution is -2.42. The number of hydrogen-bond acceptors (Lipinski definition) is 8. The summed E-state index contributed by atoms with van der Waals surface area (Å²) in [6.07, 6.45) is 2.38. The Kier molecular flexibility index (Phi) is 10.8. The first-order chi connectivity index (χ1) is 30.2. The second-order valence-corrected chi connectivity index (χ2v) is 17.0. The average Bonchev–Trinajstić information content (AvgIpc) is 4.12. The van der Waals surface area contributed by atoms with Crippen LogP contribution in [0.3, 0.4) is 0 Å². The number of hydrogen-bond donors (Lipinski definition) is 4. The number of fused-ring (bicyclic) bond motifs is 2. The number of imidazole rings is 2. The van der Waals surface area contributed by atoms with E-state index in [0.29, 0.717) is 52.4 Å². The van der Waals surface area contributed by atoms with E-state index in [1.165, 1.54) is 24.3 Å². The molecule has 2 aromatic heterocycles. The molecule has 4 aliphatic heterocycles. The lowest BCUT2D eigenvalue weighted by molar-refractivity contribution is -0.137. The van der Waals surface area contributed by atoms with Crippen LogP contribution in [-0.2, 0) is 42.2 Å². The van der Waals surface area contributed by atoms with Gasteiger partial charge in [-0.3, -0.25) is 9.59 Å². The van der Waals surface area contributed by atoms with Crippen molar-refractivity contribution in [3.05, 3.63) is 131 Å². The molecule has 14 heteroatoms. The van der Waals surface area contributed by atoms with Gasteiger partial charge in [0.25, 0.3) is 0 Å². The van der Waals surface area contributed by atoms with Crippen LogP contribution in [-0.4, -0.2) is 79.5 Å². The van der Waals surface area contributed by atoms with Gasteiger partial charge in [-0.25, -0.2) is 18.7 Å². The fraction of sp³-hybridized carbons (Fsp3) is 0.333. The summed E-state index contributed by atoms with van der Waals surface area (Å²) in [6, 6.07) is 29.4. The van der Waals surface area contributed by atoms with Crippen LogP contribution in [0.2, 0.25) is 0 Å². The third-order valence-electron chi connectivity index (χ3n) is 12.8. The smallest absolute Gasteiger partial charge is 0.227 e. The highest BCUT2D eigenvalue weighted by Gasteiger charge is 2.36. The van der Waals surface area contributed by atoms with Crippen molar-refractivity contribution in [3.63, 3.8) is 0 Å². The van der Waals surface area contributed by atoms with E-state index in [9.17, 15) is 18.4 Å². The maximum absolute atomic E-state index is 14.0. The largest absolute Gasteiger partial charge is 0.340 e. The molecule has 62 heavy (non-hydrogen) atoms. The minimum atomic E-state index is -0.309. The second-order valence-electron chi connectivity index (χ2n) is 17.0. The topological polar surface area (TPSA) is 124 Å². The molecule has 3 unspecified atom stereocenters. The molecular formula is C48H50F2N10O2. The molecule has 6 aromatic rings. The van der Waals surface area contributed by atoms with Crippen LogP contribution in [0.15, 0.2) is 97.1 Å². The van der Waals surface area contributed by atoms with Crippen LogP contribution in [0.4, 0.5) is 31.8 Å². The zero-order valence-corrected chi connectivity index (χ0v) is 34.7. The maximum atomic E-state index is 14.0. The van der Waals surface area contributed by atoms with Gasteiger partial charge in [0.05, 0.1) is 24.9 Å². The number of nitrogens with one attached hydrogen (secondary N) is 4. The molecule has 2 saturated heterocycles. The first-order valence-corrected chi connectivity index (χ1v) is 21.6. The minimum absolute atomic E-state index is 0.00248. The van der Waals surface area contributed by atoms with Gasteiger partial charge in [-0.2, -0.15) is 0 Å². The normalized spacial score (nSPS) is 19.6. The summed E-state index contributed by atoms with van der Waals surface area (Å²) in [4.78, 5) is 41.2. The Morgan fingerprint density at radius 3 is 1.69 bits per heavy atom. The molecule has 3 atom stereocenters. The molecule has 0 aliphatic carbocycles. The summed E-state index contributed by atoms with van der Waals surface area (Å²) >= 11 is 0. The van der Waals surface area contributed by atoms with Gasteiger partial charge in [0.2, 0.25) is 11.8 Å². The van der Waals surface area contributed by atoms with Crippen LogP contribution in [0.5, 0.6) is 0 Å². The van der Waals surface area contributed by atoms with Crippen molar-refractivity contribution in [2.24, 2.45) is 11.8 Å². The van der Waals surface area contributed by atoms with Gasteiger partial charge < -0.3 is 40.2 Å². The zero-order valence-electron chi connectivity index (χ0n) is 34.7. The van der Waals surface area contributed by atoms with E-state index in [1.807, 2.05) is 21.9 Å². The lowest BCUT2D eigenvalue weighted by Gasteiger charge is -2.30. The lowest BCUT2D eigenvalue weighted by atomic mass is 9.98. The number of carbonyl (C=O) groups is 2. The number of amides is 2. The first-order valence-electron chi connectivity index (χ1n) is 21.6. The highest BCUT2D eigenvalue weighted by atomic mass is 19.1. The van der Waals surface area contributed by atoms with Gasteiger partial charge in [0, 0.05) is 67.8 Å². The van der Waals surface area contributed by atoms with Crippen LogP contribution >= 0.6 is 0 Å². The van der Waals surface area contributed by atoms with E-state index in [2.05, 4.69) is 73.7 Å². The summed E-state index contributed by atoms with van der Waals surface area (Å²) in [5.74, 6) is 2.81. The number of benzene rings is 4. The summed E-state index contributed by atoms with van der Waals surface area (Å²) in [5.41, 5.74) is 7.20. The molecule has 2 amide bonds. The molecule has 318 valence electrons. The molecule has 0 bridgehead atoms. The van der Waals surface area contributed by atoms with E-state index in [4.69, 9.17) is 9.97 Å². The fourth-order valence-corrected chi connectivity index (χ4v) is 9.37.